The van der Waals surface area contributed by atoms with Crippen molar-refractivity contribution in [3.8, 4) is 0 Å². The molecule has 0 radical (unpaired) electrons. The number of carboxylic acids is 1. The van der Waals surface area contributed by atoms with E-state index in [1.54, 1.807) is 11.3 Å². The van der Waals surface area contributed by atoms with E-state index in [-0.39, 0.29) is 11.8 Å². The van der Waals surface area contributed by atoms with Crippen molar-refractivity contribution >= 4 is 17.3 Å². The van der Waals surface area contributed by atoms with Crippen molar-refractivity contribution in [1.29, 1.82) is 0 Å². The van der Waals surface area contributed by atoms with E-state index in [0.29, 0.717) is 5.92 Å². The Morgan fingerprint density at radius 2 is 1.89 bits per heavy atom. The van der Waals surface area contributed by atoms with Crippen molar-refractivity contribution in [1.82, 2.24) is 4.98 Å². The van der Waals surface area contributed by atoms with Gasteiger partial charge in [-0.2, -0.15) is 0 Å². The highest BCUT2D eigenvalue weighted by atomic mass is 32.1. The number of rotatable bonds is 5. The molecule has 0 aliphatic rings. The van der Waals surface area contributed by atoms with E-state index in [0.717, 1.165) is 28.4 Å². The van der Waals surface area contributed by atoms with Gasteiger partial charge in [-0.3, -0.25) is 4.79 Å². The van der Waals surface area contributed by atoms with Gasteiger partial charge in [0.05, 0.1) is 17.1 Å². The molecule has 0 atom stereocenters. The van der Waals surface area contributed by atoms with Gasteiger partial charge in [-0.1, -0.05) is 34.6 Å². The van der Waals surface area contributed by atoms with Gasteiger partial charge in [0.2, 0.25) is 0 Å². The van der Waals surface area contributed by atoms with Crippen LogP contribution in [-0.2, 0) is 16.6 Å². The van der Waals surface area contributed by atoms with Gasteiger partial charge >= 0.3 is 5.97 Å². The molecular formula is C14H23NO2S. The Labute approximate surface area is 113 Å². The third-order valence-electron chi connectivity index (χ3n) is 3.07. The third kappa shape index (κ3) is 3.55. The lowest BCUT2D eigenvalue weighted by Crippen LogP contribution is -2.15. The molecule has 1 N–H and O–H groups in total. The van der Waals surface area contributed by atoms with Gasteiger partial charge in [0.15, 0.2) is 0 Å². The number of carboxylic acid groups (broad SMARTS) is 1. The maximum absolute atomic E-state index is 10.9. The number of aliphatic carboxylic acids is 1. The first-order chi connectivity index (χ1) is 8.29. The first kappa shape index (κ1) is 15.2. The van der Waals surface area contributed by atoms with Crippen LogP contribution in [0.2, 0.25) is 0 Å². The van der Waals surface area contributed by atoms with Crippen LogP contribution in [0.5, 0.6) is 0 Å². The van der Waals surface area contributed by atoms with E-state index in [4.69, 9.17) is 10.1 Å². The molecule has 0 bridgehead atoms. The molecule has 0 fully saturated rings. The largest absolute Gasteiger partial charge is 0.481 e. The Bertz CT molecular complexity index is 414. The highest BCUT2D eigenvalue weighted by molar-refractivity contribution is 7.12. The lowest BCUT2D eigenvalue weighted by Gasteiger charge is -2.17. The van der Waals surface area contributed by atoms with Gasteiger partial charge in [0, 0.05) is 16.2 Å². The number of thiazole rings is 1. The smallest absolute Gasteiger partial charge is 0.308 e. The predicted molar refractivity (Wildman–Crippen MR) is 75.5 cm³/mol. The van der Waals surface area contributed by atoms with E-state index in [9.17, 15) is 4.79 Å². The average Bonchev–Trinajstić information content (AvgIpc) is 2.62. The quantitative estimate of drug-likeness (QED) is 0.880. The molecule has 0 spiro atoms. The number of hydrogen-bond acceptors (Lipinski definition) is 3. The van der Waals surface area contributed by atoms with E-state index in [1.807, 2.05) is 0 Å². The summed E-state index contributed by atoms with van der Waals surface area (Å²) in [6.07, 6.45) is 2.20. The van der Waals surface area contributed by atoms with Crippen molar-refractivity contribution in [2.45, 2.75) is 65.2 Å². The molecule has 1 heterocycles. The van der Waals surface area contributed by atoms with E-state index < -0.39 is 5.97 Å². The summed E-state index contributed by atoms with van der Waals surface area (Å²) in [5, 5.41) is 10.1. The number of aromatic nitrogens is 1. The van der Waals surface area contributed by atoms with Gasteiger partial charge in [0.1, 0.15) is 0 Å². The zero-order valence-corrected chi connectivity index (χ0v) is 12.7. The van der Waals surface area contributed by atoms with Crippen LogP contribution in [0.1, 0.15) is 69.0 Å². The predicted octanol–water partition coefficient (Wildman–Crippen LogP) is 3.97. The number of hydrogen-bond donors (Lipinski definition) is 1. The van der Waals surface area contributed by atoms with Crippen LogP contribution in [0.25, 0.3) is 0 Å². The molecule has 0 aliphatic carbocycles. The Kier molecular flexibility index (Phi) is 4.91. The highest BCUT2D eigenvalue weighted by Crippen LogP contribution is 2.35. The summed E-state index contributed by atoms with van der Waals surface area (Å²) in [6, 6.07) is 0. The lowest BCUT2D eigenvalue weighted by molar-refractivity contribution is -0.136. The molecule has 4 heteroatoms. The van der Waals surface area contributed by atoms with Crippen molar-refractivity contribution in [2.24, 2.45) is 0 Å². The molecule has 102 valence electrons. The molecule has 1 rings (SSSR count). The summed E-state index contributed by atoms with van der Waals surface area (Å²) in [5.41, 5.74) is 0.864. The normalized spacial score (nSPS) is 12.1. The molecular weight excluding hydrogens is 246 g/mol. The standard InChI is InChI=1S/C14H23NO2S/c1-6-9(7-2)13-15-12(14(3,4)5)10(18-13)8-11(16)17/h9H,6-8H2,1-5H3,(H,16,17). The summed E-state index contributed by atoms with van der Waals surface area (Å²) >= 11 is 1.58. The molecule has 18 heavy (non-hydrogen) atoms. The molecule has 0 aliphatic heterocycles. The Morgan fingerprint density at radius 3 is 2.28 bits per heavy atom. The second-order valence-corrected chi connectivity index (χ2v) is 6.77. The zero-order valence-electron chi connectivity index (χ0n) is 11.9. The topological polar surface area (TPSA) is 50.2 Å². The molecule has 1 aromatic heterocycles. The fraction of sp³-hybridized carbons (Fsp3) is 0.714. The van der Waals surface area contributed by atoms with Crippen LogP contribution in [0, 0.1) is 0 Å². The van der Waals surface area contributed by atoms with Crippen molar-refractivity contribution in [3.05, 3.63) is 15.6 Å². The minimum absolute atomic E-state index is 0.0877. The second-order valence-electron chi connectivity index (χ2n) is 5.66. The first-order valence-electron chi connectivity index (χ1n) is 6.51. The summed E-state index contributed by atoms with van der Waals surface area (Å²) in [7, 11) is 0. The first-order valence-corrected chi connectivity index (χ1v) is 7.33. The van der Waals surface area contributed by atoms with Crippen LogP contribution in [0.3, 0.4) is 0 Å². The number of nitrogens with zero attached hydrogens (tertiary/aromatic N) is 1. The Balaban J connectivity index is 3.18. The SMILES string of the molecule is CCC(CC)c1nc(C(C)(C)C)c(CC(=O)O)s1. The van der Waals surface area contributed by atoms with Gasteiger partial charge in [-0.05, 0) is 12.8 Å². The third-order valence-corrected chi connectivity index (χ3v) is 4.29. The van der Waals surface area contributed by atoms with Crippen LogP contribution < -0.4 is 0 Å². The molecule has 3 nitrogen and oxygen atoms in total. The van der Waals surface area contributed by atoms with Gasteiger partial charge < -0.3 is 5.11 Å². The summed E-state index contributed by atoms with van der Waals surface area (Å²) < 4.78 is 0. The molecule has 0 saturated heterocycles. The van der Waals surface area contributed by atoms with Gasteiger partial charge in [-0.15, -0.1) is 11.3 Å². The lowest BCUT2D eigenvalue weighted by atomic mass is 9.90. The Morgan fingerprint density at radius 1 is 1.33 bits per heavy atom. The minimum Gasteiger partial charge on any atom is -0.481 e. The van der Waals surface area contributed by atoms with Crippen molar-refractivity contribution < 1.29 is 9.90 Å². The van der Waals surface area contributed by atoms with Crippen LogP contribution in [0.15, 0.2) is 0 Å². The molecule has 0 saturated carbocycles. The second kappa shape index (κ2) is 5.83. The highest BCUT2D eigenvalue weighted by Gasteiger charge is 2.26. The number of carbonyl (C=O) groups is 1. The summed E-state index contributed by atoms with van der Waals surface area (Å²) in [4.78, 5) is 16.6. The summed E-state index contributed by atoms with van der Waals surface area (Å²) in [5.74, 6) is -0.320. The fourth-order valence-corrected chi connectivity index (χ4v) is 3.56. The zero-order chi connectivity index (χ0) is 13.9. The van der Waals surface area contributed by atoms with Crippen LogP contribution in [0.4, 0.5) is 0 Å². The monoisotopic (exact) mass is 269 g/mol. The van der Waals surface area contributed by atoms with Crippen LogP contribution in [-0.4, -0.2) is 16.1 Å². The molecule has 0 unspecified atom stereocenters. The fourth-order valence-electron chi connectivity index (χ4n) is 2.03. The molecule has 1 aromatic rings. The molecule has 0 aromatic carbocycles. The maximum atomic E-state index is 10.9. The maximum Gasteiger partial charge on any atom is 0.308 e. The Hall–Kier alpha value is -0.900. The summed E-state index contributed by atoms with van der Waals surface area (Å²) in [6.45, 7) is 10.6. The van der Waals surface area contributed by atoms with E-state index in [2.05, 4.69) is 34.6 Å². The van der Waals surface area contributed by atoms with E-state index >= 15 is 0 Å². The van der Waals surface area contributed by atoms with Crippen LogP contribution >= 0.6 is 11.3 Å². The minimum atomic E-state index is -0.778. The van der Waals surface area contributed by atoms with Gasteiger partial charge in [0.25, 0.3) is 0 Å². The van der Waals surface area contributed by atoms with Crippen molar-refractivity contribution in [2.75, 3.05) is 0 Å². The van der Waals surface area contributed by atoms with Crippen molar-refractivity contribution in [3.63, 3.8) is 0 Å². The van der Waals surface area contributed by atoms with Gasteiger partial charge in [-0.25, -0.2) is 4.98 Å². The molecule has 0 amide bonds. The van der Waals surface area contributed by atoms with E-state index in [1.165, 1.54) is 0 Å². The average molecular weight is 269 g/mol.